The average Bonchev–Trinajstić information content (AvgIpc) is 2.45. The maximum atomic E-state index is 11.5. The van der Waals surface area contributed by atoms with Gasteiger partial charge in [0.05, 0.1) is 6.61 Å². The fraction of sp³-hybridized carbons (Fsp3) is 0.846. The van der Waals surface area contributed by atoms with Crippen LogP contribution in [0.2, 0.25) is 0 Å². The summed E-state index contributed by atoms with van der Waals surface area (Å²) in [6.45, 7) is 2.17. The third-order valence-corrected chi connectivity index (χ3v) is 3.15. The van der Waals surface area contributed by atoms with Gasteiger partial charge in [0.15, 0.2) is 0 Å². The molecule has 1 atom stereocenters. The van der Waals surface area contributed by atoms with E-state index in [0.717, 1.165) is 25.1 Å². The molecule has 8 heteroatoms. The lowest BCUT2D eigenvalue weighted by molar-refractivity contribution is -0.120. The number of nitrogens with one attached hydrogen (secondary N) is 3. The van der Waals surface area contributed by atoms with E-state index in [1.54, 1.807) is 0 Å². The van der Waals surface area contributed by atoms with Crippen molar-refractivity contribution in [2.75, 3.05) is 39.1 Å². The van der Waals surface area contributed by atoms with E-state index in [4.69, 9.17) is 10.5 Å². The highest BCUT2D eigenvalue weighted by molar-refractivity contribution is 7.80. The van der Waals surface area contributed by atoms with Crippen molar-refractivity contribution in [3.05, 3.63) is 0 Å². The van der Waals surface area contributed by atoms with Crippen molar-refractivity contribution in [2.24, 2.45) is 5.73 Å². The van der Waals surface area contributed by atoms with Gasteiger partial charge in [-0.25, -0.2) is 4.79 Å². The Morgan fingerprint density at radius 1 is 1.14 bits per heavy atom. The van der Waals surface area contributed by atoms with Crippen molar-refractivity contribution in [3.63, 3.8) is 0 Å². The summed E-state index contributed by atoms with van der Waals surface area (Å²) in [6, 6.07) is -1.23. The molecule has 0 aliphatic rings. The monoisotopic (exact) mass is 320 g/mol. The lowest BCUT2D eigenvalue weighted by Crippen LogP contribution is -2.51. The van der Waals surface area contributed by atoms with Gasteiger partial charge in [-0.2, -0.15) is 12.6 Å². The topological polar surface area (TPSA) is 105 Å². The number of methoxy groups -OCH3 is 1. The van der Waals surface area contributed by atoms with Gasteiger partial charge in [-0.05, 0) is 25.1 Å². The minimum Gasteiger partial charge on any atom is -0.382 e. The predicted octanol–water partition coefficient (Wildman–Crippen LogP) is -0.134. The molecule has 5 N–H and O–H groups in total. The lowest BCUT2D eigenvalue weighted by atomic mass is 10.2. The first-order chi connectivity index (χ1) is 10.1. The van der Waals surface area contributed by atoms with Crippen molar-refractivity contribution in [3.8, 4) is 0 Å². The van der Waals surface area contributed by atoms with Gasteiger partial charge in [0, 0.05) is 20.2 Å². The van der Waals surface area contributed by atoms with Crippen molar-refractivity contribution in [1.82, 2.24) is 16.0 Å². The van der Waals surface area contributed by atoms with E-state index < -0.39 is 18.0 Å². The third-order valence-electron chi connectivity index (χ3n) is 2.83. The van der Waals surface area contributed by atoms with Crippen LogP contribution in [0.4, 0.5) is 4.79 Å². The number of carbonyl (C=O) groups is 2. The molecule has 0 bridgehead atoms. The zero-order valence-electron chi connectivity index (χ0n) is 12.7. The number of nitrogens with two attached hydrogens (primary N) is 1. The number of unbranched alkanes of at least 4 members (excludes halogenated alkanes) is 3. The third kappa shape index (κ3) is 12.5. The summed E-state index contributed by atoms with van der Waals surface area (Å²) in [7, 11) is 1.44. The Morgan fingerprint density at radius 3 is 2.48 bits per heavy atom. The smallest absolute Gasteiger partial charge is 0.315 e. The van der Waals surface area contributed by atoms with Crippen LogP contribution >= 0.6 is 12.6 Å². The average molecular weight is 320 g/mol. The Balaban J connectivity index is 3.50. The molecular formula is C13H28N4O3S. The Hall–Kier alpha value is -0.990. The van der Waals surface area contributed by atoms with Gasteiger partial charge in [0.2, 0.25) is 5.91 Å². The van der Waals surface area contributed by atoms with E-state index in [-0.39, 0.29) is 6.61 Å². The minimum absolute atomic E-state index is 0.0628. The van der Waals surface area contributed by atoms with E-state index in [1.807, 2.05) is 0 Å². The van der Waals surface area contributed by atoms with Crippen LogP contribution in [0.15, 0.2) is 0 Å². The SMILES string of the molecule is COC[C@H](NC(=O)NCCNCCCCCCS)C(N)=O. The summed E-state index contributed by atoms with van der Waals surface area (Å²) in [5, 5.41) is 8.35. The molecule has 0 aromatic rings. The fourth-order valence-corrected chi connectivity index (χ4v) is 1.90. The van der Waals surface area contributed by atoms with E-state index in [0.29, 0.717) is 13.1 Å². The predicted molar refractivity (Wildman–Crippen MR) is 86.6 cm³/mol. The molecule has 0 radical (unpaired) electrons. The van der Waals surface area contributed by atoms with Gasteiger partial charge in [-0.3, -0.25) is 4.79 Å². The molecule has 0 rings (SSSR count). The molecule has 0 aromatic carbocycles. The molecule has 0 aromatic heterocycles. The molecule has 124 valence electrons. The number of carbonyl (C=O) groups excluding carboxylic acids is 2. The molecule has 0 unspecified atom stereocenters. The summed E-state index contributed by atoms with van der Waals surface area (Å²) in [5.41, 5.74) is 5.14. The lowest BCUT2D eigenvalue weighted by Gasteiger charge is -2.15. The zero-order chi connectivity index (χ0) is 15.9. The van der Waals surface area contributed by atoms with Crippen LogP contribution in [-0.2, 0) is 9.53 Å². The highest BCUT2D eigenvalue weighted by Crippen LogP contribution is 1.99. The number of urea groups is 1. The molecular weight excluding hydrogens is 292 g/mol. The number of rotatable bonds is 13. The first-order valence-corrected chi connectivity index (χ1v) is 7.89. The van der Waals surface area contributed by atoms with Gasteiger partial charge >= 0.3 is 6.03 Å². The maximum Gasteiger partial charge on any atom is 0.315 e. The van der Waals surface area contributed by atoms with Gasteiger partial charge < -0.3 is 26.4 Å². The van der Waals surface area contributed by atoms with E-state index in [9.17, 15) is 9.59 Å². The van der Waals surface area contributed by atoms with Gasteiger partial charge in [0.25, 0.3) is 0 Å². The Kier molecular flexibility index (Phi) is 13.3. The first kappa shape index (κ1) is 20.0. The normalized spacial score (nSPS) is 11.9. The molecule has 21 heavy (non-hydrogen) atoms. The van der Waals surface area contributed by atoms with Crippen molar-refractivity contribution >= 4 is 24.6 Å². The second-order valence-electron chi connectivity index (χ2n) is 4.70. The summed E-state index contributed by atoms with van der Waals surface area (Å²) in [4.78, 5) is 22.5. The highest BCUT2D eigenvalue weighted by Gasteiger charge is 2.17. The Bertz CT molecular complexity index is 293. The molecule has 7 nitrogen and oxygen atoms in total. The summed E-state index contributed by atoms with van der Waals surface area (Å²) in [6.07, 6.45) is 4.68. The first-order valence-electron chi connectivity index (χ1n) is 7.26. The van der Waals surface area contributed by atoms with Crippen LogP contribution in [0.3, 0.4) is 0 Å². The fourth-order valence-electron chi connectivity index (χ4n) is 1.68. The van der Waals surface area contributed by atoms with Crippen LogP contribution in [0.1, 0.15) is 25.7 Å². The molecule has 0 saturated carbocycles. The Labute approximate surface area is 132 Å². The van der Waals surface area contributed by atoms with Crippen LogP contribution in [0.25, 0.3) is 0 Å². The number of ether oxygens (including phenoxy) is 1. The van der Waals surface area contributed by atoms with Crippen LogP contribution in [0, 0.1) is 0 Å². The molecule has 0 aliphatic heterocycles. The molecule has 0 fully saturated rings. The number of hydrogen-bond donors (Lipinski definition) is 5. The van der Waals surface area contributed by atoms with Crippen molar-refractivity contribution < 1.29 is 14.3 Å². The van der Waals surface area contributed by atoms with Crippen LogP contribution < -0.4 is 21.7 Å². The minimum atomic E-state index is -0.810. The van der Waals surface area contributed by atoms with Gasteiger partial charge in [0.1, 0.15) is 6.04 Å². The number of amides is 3. The molecule has 0 aliphatic carbocycles. The second-order valence-corrected chi connectivity index (χ2v) is 5.15. The quantitative estimate of drug-likeness (QED) is 0.241. The van der Waals surface area contributed by atoms with Gasteiger partial charge in [-0.15, -0.1) is 0 Å². The molecule has 0 saturated heterocycles. The van der Waals surface area contributed by atoms with Crippen molar-refractivity contribution in [2.45, 2.75) is 31.7 Å². The number of hydrogen-bond acceptors (Lipinski definition) is 5. The standard InChI is InChI=1S/C13H28N4O3S/c1-20-10-11(12(14)18)17-13(19)16-8-7-15-6-4-2-3-5-9-21/h11,15,21H,2-10H2,1H3,(H2,14,18)(H2,16,17,19)/t11-/m0/s1. The maximum absolute atomic E-state index is 11.5. The molecule has 3 amide bonds. The molecule has 0 heterocycles. The Morgan fingerprint density at radius 2 is 1.86 bits per heavy atom. The summed E-state index contributed by atoms with van der Waals surface area (Å²) < 4.78 is 4.80. The summed E-state index contributed by atoms with van der Waals surface area (Å²) >= 11 is 4.16. The van der Waals surface area contributed by atoms with Crippen molar-refractivity contribution in [1.29, 1.82) is 0 Å². The van der Waals surface area contributed by atoms with Crippen LogP contribution in [0.5, 0.6) is 0 Å². The largest absolute Gasteiger partial charge is 0.382 e. The zero-order valence-corrected chi connectivity index (χ0v) is 13.6. The molecule has 0 spiro atoms. The number of thiol groups is 1. The van der Waals surface area contributed by atoms with E-state index in [2.05, 4.69) is 28.6 Å². The van der Waals surface area contributed by atoms with E-state index >= 15 is 0 Å². The number of primary amides is 1. The van der Waals surface area contributed by atoms with Gasteiger partial charge in [-0.1, -0.05) is 12.8 Å². The summed E-state index contributed by atoms with van der Waals surface area (Å²) in [5.74, 6) is 0.327. The van der Waals surface area contributed by atoms with E-state index in [1.165, 1.54) is 20.0 Å². The highest BCUT2D eigenvalue weighted by atomic mass is 32.1. The van der Waals surface area contributed by atoms with Crippen LogP contribution in [-0.4, -0.2) is 57.1 Å². The second kappa shape index (κ2) is 14.0.